The number of hydrogen-bond acceptors (Lipinski definition) is 5. The first kappa shape index (κ1) is 23.6. The third-order valence-electron chi connectivity index (χ3n) is 6.17. The molecule has 8 heteroatoms. The van der Waals surface area contributed by atoms with Crippen LogP contribution in [-0.4, -0.2) is 40.5 Å². The van der Waals surface area contributed by atoms with Gasteiger partial charge >= 0.3 is 0 Å². The fraction of sp³-hybridized carbons (Fsp3) is 0.250. The summed E-state index contributed by atoms with van der Waals surface area (Å²) in [5.74, 6) is 0.0817. The summed E-state index contributed by atoms with van der Waals surface area (Å²) >= 11 is 0. The van der Waals surface area contributed by atoms with E-state index in [1.807, 2.05) is 35.9 Å². The Morgan fingerprint density at radius 3 is 2.69 bits per heavy atom. The van der Waals surface area contributed by atoms with Crippen LogP contribution in [0.3, 0.4) is 0 Å². The summed E-state index contributed by atoms with van der Waals surface area (Å²) in [4.78, 5) is 30.2. The van der Waals surface area contributed by atoms with E-state index in [0.29, 0.717) is 35.7 Å². The molecule has 1 saturated heterocycles. The van der Waals surface area contributed by atoms with Crippen molar-refractivity contribution in [3.63, 3.8) is 0 Å². The number of pyridine rings is 1. The number of rotatable bonds is 8. The van der Waals surface area contributed by atoms with E-state index in [9.17, 15) is 9.59 Å². The predicted octanol–water partition coefficient (Wildman–Crippen LogP) is 4.38. The first-order valence-corrected chi connectivity index (χ1v) is 12.0. The zero-order valence-corrected chi connectivity index (χ0v) is 20.1. The lowest BCUT2D eigenvalue weighted by Gasteiger charge is -2.14. The second-order valence-electron chi connectivity index (χ2n) is 8.81. The minimum absolute atomic E-state index is 0.0493. The van der Waals surface area contributed by atoms with Crippen molar-refractivity contribution in [3.05, 3.63) is 95.4 Å². The molecule has 1 aliphatic heterocycles. The van der Waals surface area contributed by atoms with E-state index < -0.39 is 0 Å². The van der Waals surface area contributed by atoms with Crippen molar-refractivity contribution in [1.82, 2.24) is 14.7 Å². The second-order valence-corrected chi connectivity index (χ2v) is 8.81. The number of para-hydroxylation sites is 1. The molecule has 2 aromatic carbocycles. The van der Waals surface area contributed by atoms with Gasteiger partial charge in [-0.15, -0.1) is 0 Å². The average molecular weight is 485 g/mol. The van der Waals surface area contributed by atoms with E-state index in [1.54, 1.807) is 48.5 Å². The van der Waals surface area contributed by atoms with Crippen molar-refractivity contribution in [2.45, 2.75) is 32.5 Å². The van der Waals surface area contributed by atoms with Gasteiger partial charge in [-0.1, -0.05) is 18.2 Å². The quantitative estimate of drug-likeness (QED) is 0.387. The van der Waals surface area contributed by atoms with E-state index >= 15 is 0 Å². The number of ether oxygens (including phenoxy) is 2. The summed E-state index contributed by atoms with van der Waals surface area (Å²) < 4.78 is 13.4. The number of aromatic nitrogens is 2. The van der Waals surface area contributed by atoms with Crippen LogP contribution >= 0.6 is 0 Å². The zero-order chi connectivity index (χ0) is 24.9. The number of aryl methyl sites for hydroxylation is 1. The molecule has 1 atom stereocenters. The topological polar surface area (TPSA) is 94.0 Å². The molecular formula is C28H28N4O4. The number of anilines is 1. The Kier molecular flexibility index (Phi) is 6.95. The van der Waals surface area contributed by atoms with E-state index in [-0.39, 0.29) is 17.9 Å². The van der Waals surface area contributed by atoms with Gasteiger partial charge in [-0.2, -0.15) is 0 Å². The van der Waals surface area contributed by atoms with Gasteiger partial charge in [0.2, 0.25) is 0 Å². The van der Waals surface area contributed by atoms with Crippen LogP contribution in [0.15, 0.2) is 73.1 Å². The average Bonchev–Trinajstić information content (AvgIpc) is 3.57. The Morgan fingerprint density at radius 2 is 1.92 bits per heavy atom. The number of carbonyl (C=O) groups is 2. The molecule has 0 spiro atoms. The maximum absolute atomic E-state index is 12.9. The third-order valence-corrected chi connectivity index (χ3v) is 6.17. The van der Waals surface area contributed by atoms with Crippen LogP contribution in [-0.2, 0) is 11.3 Å². The minimum Gasteiger partial charge on any atom is -0.487 e. The maximum atomic E-state index is 12.9. The van der Waals surface area contributed by atoms with Gasteiger partial charge in [0.25, 0.3) is 11.8 Å². The first-order chi connectivity index (χ1) is 17.6. The zero-order valence-electron chi connectivity index (χ0n) is 20.1. The number of hydrogen-bond donors (Lipinski definition) is 2. The van der Waals surface area contributed by atoms with Crippen LogP contribution in [0, 0.1) is 6.92 Å². The maximum Gasteiger partial charge on any atom is 0.255 e. The molecule has 36 heavy (non-hydrogen) atoms. The van der Waals surface area contributed by atoms with Crippen molar-refractivity contribution in [1.29, 1.82) is 0 Å². The lowest BCUT2D eigenvalue weighted by molar-refractivity contribution is 0.0858. The molecule has 2 aromatic heterocycles. The van der Waals surface area contributed by atoms with Crippen LogP contribution in [0.1, 0.15) is 44.8 Å². The molecule has 4 aromatic rings. The smallest absolute Gasteiger partial charge is 0.255 e. The molecule has 1 fully saturated rings. The molecule has 3 heterocycles. The first-order valence-electron chi connectivity index (χ1n) is 12.0. The summed E-state index contributed by atoms with van der Waals surface area (Å²) in [6.45, 7) is 3.53. The summed E-state index contributed by atoms with van der Waals surface area (Å²) in [6.07, 6.45) is 5.90. The molecule has 184 valence electrons. The lowest BCUT2D eigenvalue weighted by Crippen LogP contribution is -2.32. The fourth-order valence-electron chi connectivity index (χ4n) is 4.23. The van der Waals surface area contributed by atoms with E-state index in [1.165, 1.54) is 0 Å². The summed E-state index contributed by atoms with van der Waals surface area (Å²) in [5, 5.41) is 5.75. The van der Waals surface area contributed by atoms with Gasteiger partial charge in [0.15, 0.2) is 0 Å². The number of carbonyl (C=O) groups excluding carboxylic acids is 2. The Labute approximate surface area is 209 Å². The second kappa shape index (κ2) is 10.6. The monoisotopic (exact) mass is 484 g/mol. The van der Waals surface area contributed by atoms with Crippen molar-refractivity contribution in [3.8, 4) is 5.75 Å². The Hall–Kier alpha value is -4.17. The van der Waals surface area contributed by atoms with Crippen molar-refractivity contribution in [2.24, 2.45) is 0 Å². The highest BCUT2D eigenvalue weighted by Crippen LogP contribution is 2.19. The molecular weight excluding hydrogens is 456 g/mol. The predicted molar refractivity (Wildman–Crippen MR) is 136 cm³/mol. The molecule has 0 saturated carbocycles. The number of amides is 2. The fourth-order valence-corrected chi connectivity index (χ4v) is 4.23. The van der Waals surface area contributed by atoms with Gasteiger partial charge < -0.3 is 24.5 Å². The molecule has 0 aliphatic carbocycles. The SMILES string of the molecule is Cc1cccn2cc(COc3ccc(C(=O)Nc4ccccc4C(=O)NC[C@@H]4CCCO4)cc3)nc12. The minimum atomic E-state index is -0.309. The number of nitrogens with one attached hydrogen (secondary N) is 2. The van der Waals surface area contributed by atoms with Crippen molar-refractivity contribution in [2.75, 3.05) is 18.5 Å². The van der Waals surface area contributed by atoms with Gasteiger partial charge in [-0.05, 0) is 67.8 Å². The standard InChI is InChI=1S/C28H28N4O4/c1-19-6-4-14-32-17-21(30-26(19)32)18-36-22-12-10-20(11-13-22)27(33)31-25-9-3-2-8-24(25)28(34)29-16-23-7-5-15-35-23/h2-4,6,8-14,17,23H,5,7,15-16,18H2,1H3,(H,29,34)(H,31,33)/t23-/m0/s1. The number of nitrogens with zero attached hydrogens (tertiary/aromatic N) is 2. The van der Waals surface area contributed by atoms with Crippen LogP contribution in [0.2, 0.25) is 0 Å². The molecule has 0 bridgehead atoms. The van der Waals surface area contributed by atoms with Crippen LogP contribution in [0.25, 0.3) is 5.65 Å². The van der Waals surface area contributed by atoms with Crippen molar-refractivity contribution >= 4 is 23.1 Å². The Bertz CT molecular complexity index is 1370. The summed E-state index contributed by atoms with van der Waals surface area (Å²) in [5.41, 5.74) is 4.15. The Morgan fingerprint density at radius 1 is 1.08 bits per heavy atom. The highest BCUT2D eigenvalue weighted by molar-refractivity contribution is 6.09. The van der Waals surface area contributed by atoms with E-state index in [4.69, 9.17) is 9.47 Å². The summed E-state index contributed by atoms with van der Waals surface area (Å²) in [6, 6.07) is 17.8. The van der Waals surface area contributed by atoms with Crippen LogP contribution in [0.5, 0.6) is 5.75 Å². The van der Waals surface area contributed by atoms with Gasteiger partial charge in [0.05, 0.1) is 23.0 Å². The van der Waals surface area contributed by atoms with Crippen molar-refractivity contribution < 1.29 is 19.1 Å². The molecule has 0 radical (unpaired) electrons. The van der Waals surface area contributed by atoms with Crippen LogP contribution in [0.4, 0.5) is 5.69 Å². The number of fused-ring (bicyclic) bond motifs is 1. The molecule has 2 N–H and O–H groups in total. The van der Waals surface area contributed by atoms with E-state index in [2.05, 4.69) is 15.6 Å². The van der Waals surface area contributed by atoms with Gasteiger partial charge in [0.1, 0.15) is 18.0 Å². The number of benzene rings is 2. The highest BCUT2D eigenvalue weighted by Gasteiger charge is 2.19. The summed E-state index contributed by atoms with van der Waals surface area (Å²) in [7, 11) is 0. The largest absolute Gasteiger partial charge is 0.487 e. The van der Waals surface area contributed by atoms with Gasteiger partial charge in [-0.25, -0.2) is 4.98 Å². The van der Waals surface area contributed by atoms with Gasteiger partial charge in [0, 0.05) is 31.1 Å². The molecule has 0 unspecified atom stereocenters. The van der Waals surface area contributed by atoms with Gasteiger partial charge in [-0.3, -0.25) is 9.59 Å². The lowest BCUT2D eigenvalue weighted by atomic mass is 10.1. The number of imidazole rings is 1. The van der Waals surface area contributed by atoms with Crippen LogP contribution < -0.4 is 15.4 Å². The molecule has 2 amide bonds. The molecule has 1 aliphatic rings. The highest BCUT2D eigenvalue weighted by atomic mass is 16.5. The Balaban J connectivity index is 1.19. The molecule has 8 nitrogen and oxygen atoms in total. The normalized spacial score (nSPS) is 15.1. The molecule has 5 rings (SSSR count). The third kappa shape index (κ3) is 5.39. The van der Waals surface area contributed by atoms with E-state index in [0.717, 1.165) is 36.4 Å².